The molecule has 0 bridgehead atoms. The molecule has 1 saturated heterocycles. The summed E-state index contributed by atoms with van der Waals surface area (Å²) in [6.45, 7) is 2.35. The molecule has 44 heavy (non-hydrogen) atoms. The fraction of sp³-hybridized carbons (Fsp3) is 0.235. The molecule has 8 nitrogen and oxygen atoms in total. The van der Waals surface area contributed by atoms with Crippen molar-refractivity contribution in [2.75, 3.05) is 5.75 Å². The molecule has 1 aliphatic heterocycles. The molecule has 0 aliphatic carbocycles. The Bertz CT molecular complexity index is 1680. The molecule has 0 radical (unpaired) electrons. The van der Waals surface area contributed by atoms with Crippen LogP contribution in [0.3, 0.4) is 0 Å². The van der Waals surface area contributed by atoms with Gasteiger partial charge >= 0.3 is 0 Å². The number of carbonyl (C=O) groups is 1. The van der Waals surface area contributed by atoms with Crippen molar-refractivity contribution in [3.8, 4) is 11.1 Å². The highest BCUT2D eigenvalue weighted by Crippen LogP contribution is 2.40. The number of nitrogens with zero attached hydrogens (tertiary/aromatic N) is 3. The quantitative estimate of drug-likeness (QED) is 0.166. The number of hydrogen-bond donors (Lipinski definition) is 2. The van der Waals surface area contributed by atoms with Gasteiger partial charge in [-0.25, -0.2) is 0 Å². The van der Waals surface area contributed by atoms with Gasteiger partial charge in [0.25, 0.3) is 5.91 Å². The number of rotatable bonds is 10. The summed E-state index contributed by atoms with van der Waals surface area (Å²) in [6, 6.07) is 27.7. The van der Waals surface area contributed by atoms with Crippen molar-refractivity contribution < 1.29 is 19.4 Å². The molecule has 1 fully saturated rings. The summed E-state index contributed by atoms with van der Waals surface area (Å²) in [4.78, 5) is 16.6. The van der Waals surface area contributed by atoms with Crippen LogP contribution in [0.25, 0.3) is 11.1 Å². The fourth-order valence-corrected chi connectivity index (χ4v) is 6.93. The Morgan fingerprint density at radius 3 is 2.50 bits per heavy atom. The Morgan fingerprint density at radius 2 is 1.77 bits per heavy atom. The second kappa shape index (κ2) is 14.2. The van der Waals surface area contributed by atoms with Gasteiger partial charge in [0.05, 0.1) is 24.4 Å². The van der Waals surface area contributed by atoms with E-state index in [0.29, 0.717) is 18.5 Å². The van der Waals surface area contributed by atoms with Crippen LogP contribution in [0, 0.1) is 6.92 Å². The van der Waals surface area contributed by atoms with Crippen LogP contribution in [-0.2, 0) is 22.6 Å². The van der Waals surface area contributed by atoms with Gasteiger partial charge in [0.1, 0.15) is 5.01 Å². The number of aliphatic hydroxyl groups excluding tert-OH is 1. The first kappa shape index (κ1) is 30.1. The molecule has 224 valence electrons. The van der Waals surface area contributed by atoms with Gasteiger partial charge < -0.3 is 19.9 Å². The molecule has 2 aromatic heterocycles. The summed E-state index contributed by atoms with van der Waals surface area (Å²) in [6.07, 6.45) is 3.15. The molecule has 3 atom stereocenters. The maximum atomic E-state index is 12.6. The van der Waals surface area contributed by atoms with Gasteiger partial charge in [0.15, 0.2) is 10.6 Å². The maximum absolute atomic E-state index is 12.6. The van der Waals surface area contributed by atoms with Crippen molar-refractivity contribution in [2.24, 2.45) is 0 Å². The Hall–Kier alpha value is -3.93. The standard InChI is InChI=1S/C34H32N4O4S2/c1-22-37-38-34(44-22)43-21-29-17-31(25-10-8-23(20-39)9-11-25)42-33(41-29)26-14-12-24(13-15-26)30-7-3-2-5-27(30)19-36-32(40)28-6-4-16-35-18-28/h2-16,18,29,31,33,39H,17,19-21H2,1H3,(H,36,40)/t29-,31+,33+/m0/s1. The molecular formula is C34H32N4O4S2. The minimum Gasteiger partial charge on any atom is -0.392 e. The van der Waals surface area contributed by atoms with E-state index in [1.165, 1.54) is 0 Å². The zero-order valence-corrected chi connectivity index (χ0v) is 25.8. The number of thioether (sulfide) groups is 1. The lowest BCUT2D eigenvalue weighted by atomic mass is 9.97. The predicted octanol–water partition coefficient (Wildman–Crippen LogP) is 6.67. The van der Waals surface area contributed by atoms with Crippen LogP contribution in [0.5, 0.6) is 0 Å². The number of aryl methyl sites for hydroxylation is 1. The fourth-order valence-electron chi connectivity index (χ4n) is 5.07. The minimum absolute atomic E-state index is 0.00439. The van der Waals surface area contributed by atoms with E-state index in [0.717, 1.165) is 48.5 Å². The Labute approximate surface area is 264 Å². The van der Waals surface area contributed by atoms with Gasteiger partial charge in [-0.1, -0.05) is 95.9 Å². The van der Waals surface area contributed by atoms with Crippen LogP contribution >= 0.6 is 23.1 Å². The van der Waals surface area contributed by atoms with Crippen LogP contribution in [-0.4, -0.2) is 38.1 Å². The van der Waals surface area contributed by atoms with E-state index in [1.54, 1.807) is 47.6 Å². The van der Waals surface area contributed by atoms with Crippen molar-refractivity contribution in [2.45, 2.75) is 49.3 Å². The lowest BCUT2D eigenvalue weighted by molar-refractivity contribution is -0.245. The SMILES string of the molecule is Cc1nnc(SC[C@@H]2C[C@H](c3ccc(CO)cc3)O[C@H](c3ccc(-c4ccccc4CNC(=O)c4cccnc4)cc3)O2)s1. The molecule has 3 heterocycles. The molecule has 5 aromatic rings. The lowest BCUT2D eigenvalue weighted by Gasteiger charge is -2.36. The Balaban J connectivity index is 1.18. The number of nitrogens with one attached hydrogen (secondary N) is 1. The smallest absolute Gasteiger partial charge is 0.253 e. The first-order valence-electron chi connectivity index (χ1n) is 14.4. The molecular weight excluding hydrogens is 593 g/mol. The van der Waals surface area contributed by atoms with Gasteiger partial charge in [-0.3, -0.25) is 9.78 Å². The van der Waals surface area contributed by atoms with Crippen molar-refractivity contribution in [3.63, 3.8) is 0 Å². The minimum atomic E-state index is -0.545. The molecule has 2 N–H and O–H groups in total. The molecule has 0 saturated carbocycles. The molecule has 0 spiro atoms. The van der Waals surface area contributed by atoms with E-state index in [-0.39, 0.29) is 24.7 Å². The Morgan fingerprint density at radius 1 is 0.977 bits per heavy atom. The number of hydrogen-bond acceptors (Lipinski definition) is 9. The van der Waals surface area contributed by atoms with Gasteiger partial charge in [-0.05, 0) is 46.9 Å². The van der Waals surface area contributed by atoms with E-state index >= 15 is 0 Å². The Kier molecular flexibility index (Phi) is 9.74. The van der Waals surface area contributed by atoms with Gasteiger partial charge in [0.2, 0.25) is 0 Å². The monoisotopic (exact) mass is 624 g/mol. The van der Waals surface area contributed by atoms with Gasteiger partial charge in [-0.15, -0.1) is 10.2 Å². The van der Waals surface area contributed by atoms with Gasteiger partial charge in [-0.2, -0.15) is 0 Å². The third kappa shape index (κ3) is 7.40. The highest BCUT2D eigenvalue weighted by molar-refractivity contribution is 8.01. The molecule has 6 rings (SSSR count). The van der Waals surface area contributed by atoms with Crippen LogP contribution in [0.4, 0.5) is 0 Å². The summed E-state index contributed by atoms with van der Waals surface area (Å²) in [7, 11) is 0. The third-order valence-electron chi connectivity index (χ3n) is 7.39. The summed E-state index contributed by atoms with van der Waals surface area (Å²) >= 11 is 3.24. The lowest BCUT2D eigenvalue weighted by Crippen LogP contribution is -2.31. The summed E-state index contributed by atoms with van der Waals surface area (Å²) in [5, 5.41) is 21.8. The molecule has 1 aliphatic rings. The average molecular weight is 625 g/mol. The topological polar surface area (TPSA) is 106 Å². The number of aromatic nitrogens is 3. The van der Waals surface area contributed by atoms with Crippen LogP contribution in [0.2, 0.25) is 0 Å². The van der Waals surface area contributed by atoms with E-state index in [1.807, 2.05) is 61.5 Å². The third-order valence-corrected chi connectivity index (χ3v) is 9.49. The van der Waals surface area contributed by atoms with Crippen LogP contribution < -0.4 is 5.32 Å². The maximum Gasteiger partial charge on any atom is 0.253 e. The predicted molar refractivity (Wildman–Crippen MR) is 171 cm³/mol. The molecule has 1 amide bonds. The highest BCUT2D eigenvalue weighted by Gasteiger charge is 2.32. The van der Waals surface area contributed by atoms with Crippen molar-refractivity contribution in [1.82, 2.24) is 20.5 Å². The summed E-state index contributed by atoms with van der Waals surface area (Å²) < 4.78 is 13.9. The average Bonchev–Trinajstić information content (AvgIpc) is 3.51. The zero-order chi connectivity index (χ0) is 30.3. The van der Waals surface area contributed by atoms with Gasteiger partial charge in [0, 0.05) is 36.7 Å². The van der Waals surface area contributed by atoms with Crippen molar-refractivity contribution >= 4 is 29.0 Å². The largest absolute Gasteiger partial charge is 0.392 e. The number of carbonyl (C=O) groups excluding carboxylic acids is 1. The molecule has 3 aromatic carbocycles. The second-order valence-corrected chi connectivity index (χ2v) is 12.9. The number of aliphatic hydroxyl groups is 1. The van der Waals surface area contributed by atoms with Crippen LogP contribution in [0.15, 0.2) is 102 Å². The van der Waals surface area contributed by atoms with Crippen LogP contribution in [0.1, 0.15) is 56.4 Å². The van der Waals surface area contributed by atoms with E-state index in [4.69, 9.17) is 9.47 Å². The van der Waals surface area contributed by atoms with E-state index in [9.17, 15) is 9.90 Å². The molecule has 10 heteroatoms. The van der Waals surface area contributed by atoms with E-state index < -0.39 is 6.29 Å². The van der Waals surface area contributed by atoms with Crippen molar-refractivity contribution in [3.05, 3.63) is 130 Å². The number of pyridine rings is 1. The number of amides is 1. The normalized spacial score (nSPS) is 18.2. The number of benzene rings is 3. The second-order valence-electron chi connectivity index (χ2n) is 10.5. The first-order chi connectivity index (χ1) is 21.6. The van der Waals surface area contributed by atoms with Crippen molar-refractivity contribution in [1.29, 1.82) is 0 Å². The molecule has 0 unspecified atom stereocenters. The number of ether oxygens (including phenoxy) is 2. The zero-order valence-electron chi connectivity index (χ0n) is 24.1. The van der Waals surface area contributed by atoms with E-state index in [2.05, 4.69) is 38.7 Å². The highest BCUT2D eigenvalue weighted by atomic mass is 32.2. The first-order valence-corrected chi connectivity index (χ1v) is 16.2. The summed E-state index contributed by atoms with van der Waals surface area (Å²) in [5.41, 5.74) is 6.46. The summed E-state index contributed by atoms with van der Waals surface area (Å²) in [5.74, 6) is 0.569.